The zero-order chi connectivity index (χ0) is 13.0. The average Bonchev–Trinajstić information content (AvgIpc) is 2.80. The smallest absolute Gasteiger partial charge is 0.137 e. The van der Waals surface area contributed by atoms with Crippen molar-refractivity contribution in [2.45, 2.75) is 44.9 Å². The van der Waals surface area contributed by atoms with Crippen molar-refractivity contribution in [3.63, 3.8) is 0 Å². The van der Waals surface area contributed by atoms with Gasteiger partial charge in [0.05, 0.1) is 4.47 Å². The highest BCUT2D eigenvalue weighted by Gasteiger charge is 2.32. The summed E-state index contributed by atoms with van der Waals surface area (Å²) < 4.78 is 13.7. The number of hydrogen-bond acceptors (Lipinski definition) is 1. The standard InChI is InChI=1S/C15H21BrFN/c16-13-11-12(3-4-14(13)17)5-8-15(9-10-18)6-1-2-7-15/h3-4,11H,1-2,5-10,18H2. The molecule has 3 heteroatoms. The van der Waals surface area contributed by atoms with Gasteiger partial charge in [-0.1, -0.05) is 18.9 Å². The van der Waals surface area contributed by atoms with Crippen molar-refractivity contribution in [3.8, 4) is 0 Å². The van der Waals surface area contributed by atoms with Gasteiger partial charge in [-0.3, -0.25) is 0 Å². The summed E-state index contributed by atoms with van der Waals surface area (Å²) >= 11 is 3.25. The minimum absolute atomic E-state index is 0.184. The van der Waals surface area contributed by atoms with E-state index in [2.05, 4.69) is 15.9 Å². The Hall–Kier alpha value is -0.410. The van der Waals surface area contributed by atoms with Crippen molar-refractivity contribution in [3.05, 3.63) is 34.1 Å². The average molecular weight is 314 g/mol. The molecule has 0 bridgehead atoms. The first-order chi connectivity index (χ1) is 8.65. The first-order valence-electron chi connectivity index (χ1n) is 6.79. The molecule has 1 aliphatic rings. The Morgan fingerprint density at radius 3 is 2.56 bits per heavy atom. The summed E-state index contributed by atoms with van der Waals surface area (Å²) in [4.78, 5) is 0. The van der Waals surface area contributed by atoms with Crippen LogP contribution in [0.2, 0.25) is 0 Å². The zero-order valence-electron chi connectivity index (χ0n) is 10.7. The van der Waals surface area contributed by atoms with Gasteiger partial charge in [0.25, 0.3) is 0 Å². The van der Waals surface area contributed by atoms with Gasteiger partial charge < -0.3 is 5.73 Å². The molecule has 1 saturated carbocycles. The van der Waals surface area contributed by atoms with Crippen molar-refractivity contribution in [1.82, 2.24) is 0 Å². The Balaban J connectivity index is 1.98. The molecule has 0 aromatic heterocycles. The first kappa shape index (κ1) is 14.0. The molecule has 0 radical (unpaired) electrons. The highest BCUT2D eigenvalue weighted by atomic mass is 79.9. The molecule has 0 saturated heterocycles. The lowest BCUT2D eigenvalue weighted by Gasteiger charge is -2.28. The third-order valence-electron chi connectivity index (χ3n) is 4.27. The predicted octanol–water partition coefficient (Wildman–Crippen LogP) is 4.43. The lowest BCUT2D eigenvalue weighted by Crippen LogP contribution is -2.21. The summed E-state index contributed by atoms with van der Waals surface area (Å²) in [5, 5.41) is 0. The minimum atomic E-state index is -0.184. The van der Waals surface area contributed by atoms with Gasteiger partial charge in [-0.2, -0.15) is 0 Å². The van der Waals surface area contributed by atoms with E-state index in [-0.39, 0.29) is 5.82 Å². The van der Waals surface area contributed by atoms with Crippen LogP contribution in [0.1, 0.15) is 44.1 Å². The van der Waals surface area contributed by atoms with Crippen LogP contribution in [-0.4, -0.2) is 6.54 Å². The lowest BCUT2D eigenvalue weighted by molar-refractivity contribution is 0.253. The fraction of sp³-hybridized carbons (Fsp3) is 0.600. The molecule has 0 aliphatic heterocycles. The molecule has 0 heterocycles. The molecule has 2 rings (SSSR count). The van der Waals surface area contributed by atoms with Gasteiger partial charge in [-0.05, 0) is 77.7 Å². The Morgan fingerprint density at radius 2 is 1.94 bits per heavy atom. The van der Waals surface area contributed by atoms with Gasteiger partial charge >= 0.3 is 0 Å². The van der Waals surface area contributed by atoms with Gasteiger partial charge in [-0.25, -0.2) is 4.39 Å². The fourth-order valence-corrected chi connectivity index (χ4v) is 3.59. The molecule has 0 amide bonds. The highest BCUT2D eigenvalue weighted by molar-refractivity contribution is 9.10. The molecular formula is C15H21BrFN. The number of aryl methyl sites for hydroxylation is 1. The van der Waals surface area contributed by atoms with Crippen molar-refractivity contribution in [1.29, 1.82) is 0 Å². The molecule has 1 nitrogen and oxygen atoms in total. The molecule has 1 aliphatic carbocycles. The van der Waals surface area contributed by atoms with Gasteiger partial charge in [0.1, 0.15) is 5.82 Å². The van der Waals surface area contributed by atoms with E-state index in [1.54, 1.807) is 6.07 Å². The van der Waals surface area contributed by atoms with E-state index in [0.29, 0.717) is 9.89 Å². The SMILES string of the molecule is NCCC1(CCc2ccc(F)c(Br)c2)CCCC1. The van der Waals surface area contributed by atoms with E-state index in [1.807, 2.05) is 12.1 Å². The Labute approximate surface area is 117 Å². The maximum Gasteiger partial charge on any atom is 0.137 e. The molecule has 2 N–H and O–H groups in total. The third kappa shape index (κ3) is 3.33. The Kier molecular flexibility index (Phi) is 4.79. The van der Waals surface area contributed by atoms with Crippen LogP contribution in [0.15, 0.2) is 22.7 Å². The van der Waals surface area contributed by atoms with E-state index in [9.17, 15) is 4.39 Å². The topological polar surface area (TPSA) is 26.0 Å². The quantitative estimate of drug-likeness (QED) is 0.855. The van der Waals surface area contributed by atoms with E-state index in [1.165, 1.54) is 37.7 Å². The highest BCUT2D eigenvalue weighted by Crippen LogP contribution is 2.44. The second kappa shape index (κ2) is 6.16. The van der Waals surface area contributed by atoms with Crippen LogP contribution in [0.5, 0.6) is 0 Å². The fourth-order valence-electron chi connectivity index (χ4n) is 3.16. The van der Waals surface area contributed by atoms with Crippen LogP contribution in [0.3, 0.4) is 0 Å². The monoisotopic (exact) mass is 313 g/mol. The van der Waals surface area contributed by atoms with E-state index in [0.717, 1.165) is 19.4 Å². The van der Waals surface area contributed by atoms with Crippen LogP contribution in [0, 0.1) is 11.2 Å². The zero-order valence-corrected chi connectivity index (χ0v) is 12.3. The second-order valence-corrected chi connectivity index (χ2v) is 6.35. The first-order valence-corrected chi connectivity index (χ1v) is 7.59. The van der Waals surface area contributed by atoms with Crippen LogP contribution in [0.4, 0.5) is 4.39 Å². The molecule has 1 fully saturated rings. The number of hydrogen-bond donors (Lipinski definition) is 1. The summed E-state index contributed by atoms with van der Waals surface area (Å²) in [6.45, 7) is 0.785. The molecule has 0 atom stereocenters. The maximum absolute atomic E-state index is 13.2. The van der Waals surface area contributed by atoms with Gasteiger partial charge in [0.15, 0.2) is 0 Å². The van der Waals surface area contributed by atoms with Crippen LogP contribution < -0.4 is 5.73 Å². The van der Waals surface area contributed by atoms with Crippen molar-refractivity contribution >= 4 is 15.9 Å². The molecule has 0 unspecified atom stereocenters. The van der Waals surface area contributed by atoms with Crippen LogP contribution in [0.25, 0.3) is 0 Å². The van der Waals surface area contributed by atoms with E-state index >= 15 is 0 Å². The van der Waals surface area contributed by atoms with Crippen molar-refractivity contribution in [2.75, 3.05) is 6.54 Å². The predicted molar refractivity (Wildman–Crippen MR) is 77.0 cm³/mol. The molecule has 18 heavy (non-hydrogen) atoms. The molecule has 1 aromatic carbocycles. The maximum atomic E-state index is 13.2. The van der Waals surface area contributed by atoms with Crippen molar-refractivity contribution in [2.24, 2.45) is 11.1 Å². The number of nitrogens with two attached hydrogens (primary N) is 1. The van der Waals surface area contributed by atoms with Crippen LogP contribution in [-0.2, 0) is 6.42 Å². The Bertz CT molecular complexity index is 399. The van der Waals surface area contributed by atoms with Crippen LogP contribution >= 0.6 is 15.9 Å². The Morgan fingerprint density at radius 1 is 1.22 bits per heavy atom. The second-order valence-electron chi connectivity index (χ2n) is 5.49. The summed E-state index contributed by atoms with van der Waals surface area (Å²) in [6, 6.07) is 5.34. The number of rotatable bonds is 5. The molecule has 1 aromatic rings. The largest absolute Gasteiger partial charge is 0.330 e. The number of halogens is 2. The van der Waals surface area contributed by atoms with E-state index in [4.69, 9.17) is 5.73 Å². The van der Waals surface area contributed by atoms with E-state index < -0.39 is 0 Å². The van der Waals surface area contributed by atoms with Gasteiger partial charge in [-0.15, -0.1) is 0 Å². The molecule has 0 spiro atoms. The van der Waals surface area contributed by atoms with Gasteiger partial charge in [0.2, 0.25) is 0 Å². The van der Waals surface area contributed by atoms with Gasteiger partial charge in [0, 0.05) is 0 Å². The normalized spacial score (nSPS) is 18.2. The van der Waals surface area contributed by atoms with Crippen molar-refractivity contribution < 1.29 is 4.39 Å². The lowest BCUT2D eigenvalue weighted by atomic mass is 9.78. The molecular weight excluding hydrogens is 293 g/mol. The molecule has 100 valence electrons. The third-order valence-corrected chi connectivity index (χ3v) is 4.87. The summed E-state index contributed by atoms with van der Waals surface area (Å²) in [5.74, 6) is -0.184. The minimum Gasteiger partial charge on any atom is -0.330 e. The summed E-state index contributed by atoms with van der Waals surface area (Å²) in [7, 11) is 0. The summed E-state index contributed by atoms with van der Waals surface area (Å²) in [6.07, 6.45) is 8.65. The summed E-state index contributed by atoms with van der Waals surface area (Å²) in [5.41, 5.74) is 7.42. The number of benzene rings is 1.